The van der Waals surface area contributed by atoms with Crippen molar-refractivity contribution in [1.29, 1.82) is 0 Å². The van der Waals surface area contributed by atoms with Crippen LogP contribution >= 0.6 is 0 Å². The van der Waals surface area contributed by atoms with Crippen LogP contribution in [-0.4, -0.2) is 69.8 Å². The smallest absolute Gasteiger partial charge is 0.253 e. The van der Waals surface area contributed by atoms with E-state index in [1.807, 2.05) is 55.4 Å². The normalized spacial score (nSPS) is 15.5. The summed E-state index contributed by atoms with van der Waals surface area (Å²) >= 11 is 0. The fourth-order valence-corrected chi connectivity index (χ4v) is 5.34. The van der Waals surface area contributed by atoms with Crippen molar-refractivity contribution < 1.29 is 4.79 Å². The lowest BCUT2D eigenvalue weighted by atomic mass is 9.93. The van der Waals surface area contributed by atoms with Crippen LogP contribution in [0.15, 0.2) is 85.2 Å². The molecule has 3 heterocycles. The van der Waals surface area contributed by atoms with Crippen molar-refractivity contribution in [2.45, 2.75) is 26.4 Å². The number of fused-ring (bicyclic) bond motifs is 1. The summed E-state index contributed by atoms with van der Waals surface area (Å²) in [6.45, 7) is 10.2. The summed E-state index contributed by atoms with van der Waals surface area (Å²) in [7, 11) is 0. The van der Waals surface area contributed by atoms with Crippen LogP contribution in [0.5, 0.6) is 0 Å². The van der Waals surface area contributed by atoms with E-state index in [1.165, 1.54) is 11.1 Å². The molecule has 0 saturated carbocycles. The van der Waals surface area contributed by atoms with Gasteiger partial charge in [-0.05, 0) is 49.7 Å². The van der Waals surface area contributed by atoms with Crippen LogP contribution in [0, 0.1) is 0 Å². The molecule has 2 aromatic heterocycles. The molecule has 1 atom stereocenters. The predicted octanol–water partition coefficient (Wildman–Crippen LogP) is 5.02. The third-order valence-corrected chi connectivity index (χ3v) is 7.37. The number of para-hydroxylation sites is 1. The average Bonchev–Trinajstić information content (AvgIpc) is 2.96. The zero-order valence-corrected chi connectivity index (χ0v) is 21.8. The Hall–Kier alpha value is -3.61. The van der Waals surface area contributed by atoms with Gasteiger partial charge < -0.3 is 4.90 Å². The number of benzene rings is 2. The molecule has 4 aromatic rings. The molecule has 5 rings (SSSR count). The van der Waals surface area contributed by atoms with Gasteiger partial charge in [-0.15, -0.1) is 0 Å². The molecule has 1 saturated heterocycles. The molecule has 0 radical (unpaired) electrons. The second-order valence-electron chi connectivity index (χ2n) is 9.56. The maximum absolute atomic E-state index is 12.9. The number of pyridine rings is 2. The number of hydrogen-bond donors (Lipinski definition) is 0. The fourth-order valence-electron chi connectivity index (χ4n) is 5.34. The van der Waals surface area contributed by atoms with Gasteiger partial charge in [-0.25, -0.2) is 0 Å². The molecule has 6 nitrogen and oxygen atoms in total. The largest absolute Gasteiger partial charge is 0.339 e. The molecule has 2 aromatic carbocycles. The van der Waals surface area contributed by atoms with Gasteiger partial charge in [0, 0.05) is 74.7 Å². The van der Waals surface area contributed by atoms with Crippen LogP contribution in [0.1, 0.15) is 47.1 Å². The standard InChI is InChI=1S/C31H35N5O/c1-3-35(4-2)31(37)26-15-13-25(14-16-26)30(28-12-7-9-24-10-8-18-33-29(24)28)36-21-19-34(20-22-36)23-27-11-5-6-17-32-27/h5-18,30H,3-4,19-23H2,1-2H3. The molecule has 6 heteroatoms. The minimum absolute atomic E-state index is 0.0632. The highest BCUT2D eigenvalue weighted by Crippen LogP contribution is 2.34. The molecule has 37 heavy (non-hydrogen) atoms. The van der Waals surface area contributed by atoms with Crippen LogP contribution in [0.4, 0.5) is 0 Å². The molecule has 0 N–H and O–H groups in total. The van der Waals surface area contributed by atoms with Crippen LogP contribution in [0.3, 0.4) is 0 Å². The van der Waals surface area contributed by atoms with Crippen molar-refractivity contribution in [3.05, 3.63) is 108 Å². The van der Waals surface area contributed by atoms with Gasteiger partial charge in [-0.1, -0.05) is 42.5 Å². The molecule has 1 aliphatic heterocycles. The summed E-state index contributed by atoms with van der Waals surface area (Å²) < 4.78 is 0. The van der Waals surface area contributed by atoms with Crippen LogP contribution in [0.25, 0.3) is 10.9 Å². The zero-order valence-electron chi connectivity index (χ0n) is 21.8. The van der Waals surface area contributed by atoms with Crippen molar-refractivity contribution >= 4 is 16.8 Å². The molecular formula is C31H35N5O. The maximum atomic E-state index is 12.9. The van der Waals surface area contributed by atoms with Gasteiger partial charge in [0.05, 0.1) is 17.3 Å². The van der Waals surface area contributed by atoms with Gasteiger partial charge in [0.2, 0.25) is 0 Å². The number of piperazine rings is 1. The minimum atomic E-state index is 0.0632. The van der Waals surface area contributed by atoms with E-state index in [9.17, 15) is 4.79 Å². The number of rotatable bonds is 8. The van der Waals surface area contributed by atoms with Gasteiger partial charge in [0.1, 0.15) is 0 Å². The Morgan fingerprint density at radius 1 is 0.838 bits per heavy atom. The number of aromatic nitrogens is 2. The Morgan fingerprint density at radius 2 is 1.57 bits per heavy atom. The third kappa shape index (κ3) is 5.55. The lowest BCUT2D eigenvalue weighted by molar-refractivity contribution is 0.0773. The fraction of sp³-hybridized carbons (Fsp3) is 0.323. The topological polar surface area (TPSA) is 52.6 Å². The Bertz CT molecular complexity index is 1310. The first-order chi connectivity index (χ1) is 18.2. The van der Waals surface area contributed by atoms with E-state index in [0.717, 1.165) is 54.9 Å². The molecule has 1 aliphatic rings. The van der Waals surface area contributed by atoms with Crippen molar-refractivity contribution in [3.63, 3.8) is 0 Å². The monoisotopic (exact) mass is 493 g/mol. The number of carbonyl (C=O) groups is 1. The molecule has 0 bridgehead atoms. The van der Waals surface area contributed by atoms with Crippen molar-refractivity contribution in [2.24, 2.45) is 0 Å². The van der Waals surface area contributed by atoms with Gasteiger partial charge >= 0.3 is 0 Å². The summed E-state index contributed by atoms with van der Waals surface area (Å²) in [6, 6.07) is 25.0. The van der Waals surface area contributed by atoms with E-state index in [1.54, 1.807) is 0 Å². The highest BCUT2D eigenvalue weighted by Gasteiger charge is 2.28. The highest BCUT2D eigenvalue weighted by atomic mass is 16.2. The minimum Gasteiger partial charge on any atom is -0.339 e. The van der Waals surface area contributed by atoms with E-state index >= 15 is 0 Å². The Morgan fingerprint density at radius 3 is 2.27 bits per heavy atom. The van der Waals surface area contributed by atoms with E-state index in [-0.39, 0.29) is 11.9 Å². The summed E-state index contributed by atoms with van der Waals surface area (Å²) in [4.78, 5) is 29.1. The second kappa shape index (κ2) is 11.6. The molecule has 0 aliphatic carbocycles. The van der Waals surface area contributed by atoms with Crippen LogP contribution in [0.2, 0.25) is 0 Å². The lowest BCUT2D eigenvalue weighted by Gasteiger charge is -2.40. The molecule has 1 unspecified atom stereocenters. The van der Waals surface area contributed by atoms with Crippen molar-refractivity contribution in [3.8, 4) is 0 Å². The number of nitrogens with zero attached hydrogens (tertiary/aromatic N) is 5. The lowest BCUT2D eigenvalue weighted by Crippen LogP contribution is -2.47. The predicted molar refractivity (Wildman–Crippen MR) is 148 cm³/mol. The van der Waals surface area contributed by atoms with E-state index in [2.05, 4.69) is 63.3 Å². The molecule has 0 spiro atoms. The quantitative estimate of drug-likeness (QED) is 0.345. The number of carbonyl (C=O) groups excluding carboxylic acids is 1. The highest BCUT2D eigenvalue weighted by molar-refractivity contribution is 5.94. The van der Waals surface area contributed by atoms with E-state index in [4.69, 9.17) is 4.98 Å². The molecular weight excluding hydrogens is 458 g/mol. The summed E-state index contributed by atoms with van der Waals surface area (Å²) in [6.07, 6.45) is 3.74. The second-order valence-corrected chi connectivity index (χ2v) is 9.56. The average molecular weight is 494 g/mol. The first-order valence-electron chi connectivity index (χ1n) is 13.3. The van der Waals surface area contributed by atoms with Gasteiger partial charge in [0.25, 0.3) is 5.91 Å². The number of amides is 1. The third-order valence-electron chi connectivity index (χ3n) is 7.37. The SMILES string of the molecule is CCN(CC)C(=O)c1ccc(C(c2cccc3cccnc23)N2CCN(Cc3ccccn3)CC2)cc1. The zero-order chi connectivity index (χ0) is 25.6. The molecule has 190 valence electrons. The maximum Gasteiger partial charge on any atom is 0.253 e. The van der Waals surface area contributed by atoms with Gasteiger partial charge in [0.15, 0.2) is 0 Å². The van der Waals surface area contributed by atoms with Crippen molar-refractivity contribution in [1.82, 2.24) is 24.7 Å². The van der Waals surface area contributed by atoms with Crippen LogP contribution < -0.4 is 0 Å². The summed E-state index contributed by atoms with van der Waals surface area (Å²) in [5.74, 6) is 0.0862. The molecule has 1 amide bonds. The summed E-state index contributed by atoms with van der Waals surface area (Å²) in [5.41, 5.74) is 5.28. The Labute approximate surface area is 219 Å². The van der Waals surface area contributed by atoms with E-state index < -0.39 is 0 Å². The Kier molecular flexibility index (Phi) is 7.87. The molecule has 1 fully saturated rings. The summed E-state index contributed by atoms with van der Waals surface area (Å²) in [5, 5.41) is 1.15. The first kappa shape index (κ1) is 25.1. The van der Waals surface area contributed by atoms with Crippen molar-refractivity contribution in [2.75, 3.05) is 39.3 Å². The Balaban J connectivity index is 1.44. The van der Waals surface area contributed by atoms with E-state index in [0.29, 0.717) is 13.1 Å². The van der Waals surface area contributed by atoms with Crippen LogP contribution in [-0.2, 0) is 6.54 Å². The first-order valence-corrected chi connectivity index (χ1v) is 13.3. The number of hydrogen-bond acceptors (Lipinski definition) is 5. The van der Waals surface area contributed by atoms with Gasteiger partial charge in [-0.2, -0.15) is 0 Å². The van der Waals surface area contributed by atoms with Gasteiger partial charge in [-0.3, -0.25) is 24.6 Å².